The van der Waals surface area contributed by atoms with Gasteiger partial charge >= 0.3 is 6.09 Å². The van der Waals surface area contributed by atoms with Crippen molar-refractivity contribution in [1.29, 1.82) is 0 Å². The topological polar surface area (TPSA) is 64.1 Å². The van der Waals surface area contributed by atoms with Gasteiger partial charge < -0.3 is 4.74 Å². The third kappa shape index (κ3) is 2.84. The third-order valence-electron chi connectivity index (χ3n) is 2.18. The highest BCUT2D eigenvalue weighted by Gasteiger charge is 2.12. The van der Waals surface area contributed by atoms with E-state index in [0.29, 0.717) is 11.7 Å². The Kier molecular flexibility index (Phi) is 3.88. The van der Waals surface area contributed by atoms with Crippen LogP contribution >= 0.6 is 11.3 Å². The van der Waals surface area contributed by atoms with Gasteiger partial charge in [-0.05, 0) is 26.0 Å². The molecule has 6 heteroatoms. The molecule has 2 heterocycles. The van der Waals surface area contributed by atoms with E-state index in [1.807, 2.05) is 25.1 Å². The fraction of sp³-hybridized carbons (Fsp3) is 0.250. The van der Waals surface area contributed by atoms with Crippen molar-refractivity contribution >= 4 is 22.6 Å². The minimum absolute atomic E-state index is 0.337. The number of hydrogen-bond acceptors (Lipinski definition) is 5. The maximum Gasteiger partial charge on any atom is 0.413 e. The monoisotopic (exact) mass is 263 g/mol. The van der Waals surface area contributed by atoms with E-state index in [4.69, 9.17) is 4.74 Å². The van der Waals surface area contributed by atoms with Crippen molar-refractivity contribution in [3.8, 4) is 10.6 Å². The van der Waals surface area contributed by atoms with Crippen LogP contribution in [0.4, 0.5) is 9.93 Å². The van der Waals surface area contributed by atoms with Crippen molar-refractivity contribution in [3.05, 3.63) is 30.1 Å². The molecule has 0 unspecified atom stereocenters. The summed E-state index contributed by atoms with van der Waals surface area (Å²) in [5.41, 5.74) is 1.69. The zero-order valence-corrected chi connectivity index (χ0v) is 11.0. The van der Waals surface area contributed by atoms with Gasteiger partial charge in [0.05, 0.1) is 22.9 Å². The second-order valence-corrected chi connectivity index (χ2v) is 4.49. The molecule has 0 spiro atoms. The largest absolute Gasteiger partial charge is 0.450 e. The summed E-state index contributed by atoms with van der Waals surface area (Å²) in [7, 11) is 0. The number of rotatable bonds is 3. The lowest BCUT2D eigenvalue weighted by Gasteiger charge is -2.00. The zero-order chi connectivity index (χ0) is 13.0. The Morgan fingerprint density at radius 2 is 2.33 bits per heavy atom. The number of ether oxygens (including phenoxy) is 1. The van der Waals surface area contributed by atoms with Crippen LogP contribution in [0.15, 0.2) is 24.4 Å². The molecule has 0 atom stereocenters. The standard InChI is InChI=1S/C12H13N3O2S/c1-3-17-12(16)15-11-14-8(2)10(18-11)9-6-4-5-7-13-9/h4-7H,3H2,1-2H3,(H,14,15,16). The summed E-state index contributed by atoms with van der Waals surface area (Å²) < 4.78 is 4.80. The predicted octanol–water partition coefficient (Wildman–Crippen LogP) is 3.08. The highest BCUT2D eigenvalue weighted by Crippen LogP contribution is 2.31. The number of carbonyl (C=O) groups is 1. The molecular weight excluding hydrogens is 250 g/mol. The lowest BCUT2D eigenvalue weighted by molar-refractivity contribution is 0.168. The van der Waals surface area contributed by atoms with Crippen LogP contribution < -0.4 is 5.32 Å². The van der Waals surface area contributed by atoms with Gasteiger partial charge in [0.1, 0.15) is 0 Å². The van der Waals surface area contributed by atoms with Crippen molar-refractivity contribution in [2.24, 2.45) is 0 Å². The zero-order valence-electron chi connectivity index (χ0n) is 10.1. The van der Waals surface area contributed by atoms with Crippen molar-refractivity contribution in [3.63, 3.8) is 0 Å². The number of pyridine rings is 1. The number of aromatic nitrogens is 2. The summed E-state index contributed by atoms with van der Waals surface area (Å²) in [4.78, 5) is 20.8. The number of anilines is 1. The Labute approximate surface area is 109 Å². The fourth-order valence-electron chi connectivity index (χ4n) is 1.44. The highest BCUT2D eigenvalue weighted by atomic mass is 32.1. The van der Waals surface area contributed by atoms with Gasteiger partial charge in [0.2, 0.25) is 0 Å². The first-order chi connectivity index (χ1) is 8.70. The summed E-state index contributed by atoms with van der Waals surface area (Å²) in [6.45, 7) is 3.98. The van der Waals surface area contributed by atoms with Crippen molar-refractivity contribution in [1.82, 2.24) is 9.97 Å². The fourth-order valence-corrected chi connectivity index (χ4v) is 2.37. The van der Waals surface area contributed by atoms with Crippen LogP contribution in [0.1, 0.15) is 12.6 Å². The summed E-state index contributed by atoms with van der Waals surface area (Å²) in [6, 6.07) is 5.69. The van der Waals surface area contributed by atoms with Gasteiger partial charge in [-0.15, -0.1) is 0 Å². The van der Waals surface area contributed by atoms with E-state index in [9.17, 15) is 4.79 Å². The van der Waals surface area contributed by atoms with Gasteiger partial charge in [0.25, 0.3) is 0 Å². The van der Waals surface area contributed by atoms with E-state index in [1.165, 1.54) is 11.3 Å². The van der Waals surface area contributed by atoms with Crippen LogP contribution in [0.2, 0.25) is 0 Å². The predicted molar refractivity (Wildman–Crippen MR) is 70.7 cm³/mol. The molecule has 1 N–H and O–H groups in total. The summed E-state index contributed by atoms with van der Waals surface area (Å²) >= 11 is 1.38. The second kappa shape index (κ2) is 5.59. The molecule has 0 saturated heterocycles. The lowest BCUT2D eigenvalue weighted by atomic mass is 10.3. The molecular formula is C12H13N3O2S. The van der Waals surface area contributed by atoms with Crippen LogP contribution in [-0.4, -0.2) is 22.7 Å². The number of hydrogen-bond donors (Lipinski definition) is 1. The van der Waals surface area contributed by atoms with E-state index in [1.54, 1.807) is 13.1 Å². The Bertz CT molecular complexity index is 540. The van der Waals surface area contributed by atoms with Crippen LogP contribution in [0, 0.1) is 6.92 Å². The average Bonchev–Trinajstić information content (AvgIpc) is 2.71. The van der Waals surface area contributed by atoms with Crippen molar-refractivity contribution in [2.75, 3.05) is 11.9 Å². The Morgan fingerprint density at radius 1 is 1.50 bits per heavy atom. The first-order valence-corrected chi connectivity index (χ1v) is 6.35. The molecule has 0 bridgehead atoms. The van der Waals surface area contributed by atoms with Gasteiger partial charge in [-0.3, -0.25) is 10.3 Å². The number of amides is 1. The van der Waals surface area contributed by atoms with Crippen LogP contribution in [0.3, 0.4) is 0 Å². The minimum Gasteiger partial charge on any atom is -0.450 e. The molecule has 0 saturated carbocycles. The van der Waals surface area contributed by atoms with Crippen LogP contribution in [-0.2, 0) is 4.74 Å². The molecule has 0 radical (unpaired) electrons. The molecule has 1 amide bonds. The van der Waals surface area contributed by atoms with E-state index < -0.39 is 6.09 Å². The molecule has 0 aliphatic rings. The average molecular weight is 263 g/mol. The van der Waals surface area contributed by atoms with Gasteiger partial charge in [0, 0.05) is 6.20 Å². The Morgan fingerprint density at radius 3 is 3.00 bits per heavy atom. The number of aryl methyl sites for hydroxylation is 1. The van der Waals surface area contributed by atoms with Crippen LogP contribution in [0.25, 0.3) is 10.6 Å². The smallest absolute Gasteiger partial charge is 0.413 e. The first-order valence-electron chi connectivity index (χ1n) is 5.53. The van der Waals surface area contributed by atoms with Gasteiger partial charge in [-0.25, -0.2) is 9.78 Å². The molecule has 0 aliphatic heterocycles. The highest BCUT2D eigenvalue weighted by molar-refractivity contribution is 7.19. The SMILES string of the molecule is CCOC(=O)Nc1nc(C)c(-c2ccccn2)s1. The van der Waals surface area contributed by atoms with Gasteiger partial charge in [-0.1, -0.05) is 17.4 Å². The maximum absolute atomic E-state index is 11.3. The molecule has 18 heavy (non-hydrogen) atoms. The quantitative estimate of drug-likeness (QED) is 0.924. The van der Waals surface area contributed by atoms with Crippen LogP contribution in [0.5, 0.6) is 0 Å². The maximum atomic E-state index is 11.3. The third-order valence-corrected chi connectivity index (χ3v) is 3.27. The van der Waals surface area contributed by atoms with E-state index in [0.717, 1.165) is 16.3 Å². The molecule has 2 rings (SSSR count). The van der Waals surface area contributed by atoms with E-state index >= 15 is 0 Å². The molecule has 0 aromatic carbocycles. The molecule has 0 fully saturated rings. The number of thiazole rings is 1. The van der Waals surface area contributed by atoms with Gasteiger partial charge in [0.15, 0.2) is 5.13 Å². The molecule has 0 aliphatic carbocycles. The number of nitrogens with one attached hydrogen (secondary N) is 1. The Hall–Kier alpha value is -1.95. The number of carbonyl (C=O) groups excluding carboxylic acids is 1. The van der Waals surface area contributed by atoms with E-state index in [-0.39, 0.29) is 0 Å². The molecule has 2 aromatic heterocycles. The molecule has 5 nitrogen and oxygen atoms in total. The van der Waals surface area contributed by atoms with Crippen molar-refractivity contribution in [2.45, 2.75) is 13.8 Å². The minimum atomic E-state index is -0.487. The summed E-state index contributed by atoms with van der Waals surface area (Å²) in [5.74, 6) is 0. The normalized spacial score (nSPS) is 10.1. The summed E-state index contributed by atoms with van der Waals surface area (Å²) in [5, 5.41) is 3.11. The molecule has 94 valence electrons. The first kappa shape index (κ1) is 12.5. The Balaban J connectivity index is 2.20. The van der Waals surface area contributed by atoms with Crippen molar-refractivity contribution < 1.29 is 9.53 Å². The van der Waals surface area contributed by atoms with Gasteiger partial charge in [-0.2, -0.15) is 0 Å². The lowest BCUT2D eigenvalue weighted by Crippen LogP contribution is -2.12. The molecule has 2 aromatic rings. The number of nitrogens with zero attached hydrogens (tertiary/aromatic N) is 2. The van der Waals surface area contributed by atoms with E-state index in [2.05, 4.69) is 15.3 Å². The summed E-state index contributed by atoms with van der Waals surface area (Å²) in [6.07, 6.45) is 1.24. The second-order valence-electron chi connectivity index (χ2n) is 3.49.